The molecule has 1 saturated heterocycles. The molecule has 3 aromatic rings. The fourth-order valence-corrected chi connectivity index (χ4v) is 3.75. The number of benzene rings is 2. The smallest absolute Gasteiger partial charge is 0.373 e. The molecule has 0 bridgehead atoms. The Balaban J connectivity index is 1.61. The first-order valence-corrected chi connectivity index (χ1v) is 11.9. The number of imide groups is 1. The number of carbonyl (C=O) groups is 5. The van der Waals surface area contributed by atoms with Gasteiger partial charge in [-0.1, -0.05) is 0 Å². The Morgan fingerprint density at radius 1 is 0.976 bits per heavy atom. The number of amides is 3. The predicted octanol–water partition coefficient (Wildman–Crippen LogP) is 3.22. The molecule has 4 rings (SSSR count). The van der Waals surface area contributed by atoms with E-state index in [1.165, 1.54) is 44.4 Å². The fourth-order valence-electron chi connectivity index (χ4n) is 3.75. The Morgan fingerprint density at radius 2 is 1.71 bits per heavy atom. The van der Waals surface area contributed by atoms with Crippen molar-refractivity contribution >= 4 is 41.6 Å². The largest absolute Gasteiger partial charge is 0.493 e. The van der Waals surface area contributed by atoms with Crippen LogP contribution in [0.4, 0.5) is 10.5 Å². The SMILES string of the molecule is COC(=O)c1ccc(CN2C(=O)N/C(=C\c3cc([N+](=O)[O-])ccc3OC(=O)c3ccc(OC(C)=O)c(OC)c3)C2=O)o1. The van der Waals surface area contributed by atoms with Crippen molar-refractivity contribution in [3.8, 4) is 17.2 Å². The molecule has 0 radical (unpaired) electrons. The highest BCUT2D eigenvalue weighted by Gasteiger charge is 2.35. The summed E-state index contributed by atoms with van der Waals surface area (Å²) in [6.45, 7) is 0.863. The van der Waals surface area contributed by atoms with Crippen LogP contribution < -0.4 is 19.5 Å². The molecule has 0 unspecified atom stereocenters. The van der Waals surface area contributed by atoms with Crippen LogP contribution in [0.15, 0.2) is 58.6 Å². The van der Waals surface area contributed by atoms with Gasteiger partial charge in [-0.3, -0.25) is 24.6 Å². The van der Waals surface area contributed by atoms with E-state index in [9.17, 15) is 34.1 Å². The summed E-state index contributed by atoms with van der Waals surface area (Å²) in [5, 5.41) is 13.8. The molecule has 2 heterocycles. The highest BCUT2D eigenvalue weighted by atomic mass is 16.6. The van der Waals surface area contributed by atoms with Crippen molar-refractivity contribution in [2.75, 3.05) is 14.2 Å². The molecular formula is C27H21N3O12. The Kier molecular flexibility index (Phi) is 8.31. The van der Waals surface area contributed by atoms with Gasteiger partial charge in [0.15, 0.2) is 11.5 Å². The van der Waals surface area contributed by atoms with Gasteiger partial charge in [0.2, 0.25) is 5.76 Å². The van der Waals surface area contributed by atoms with Gasteiger partial charge in [-0.15, -0.1) is 0 Å². The predicted molar refractivity (Wildman–Crippen MR) is 139 cm³/mol. The second kappa shape index (κ2) is 12.0. The normalized spacial score (nSPS) is 13.5. The molecule has 1 aliphatic heterocycles. The molecule has 0 spiro atoms. The molecule has 1 aromatic heterocycles. The topological polar surface area (TPSA) is 194 Å². The zero-order chi connectivity index (χ0) is 30.6. The number of esters is 3. The summed E-state index contributed by atoms with van der Waals surface area (Å²) < 4.78 is 25.5. The van der Waals surface area contributed by atoms with Crippen molar-refractivity contribution in [1.82, 2.24) is 10.2 Å². The van der Waals surface area contributed by atoms with Gasteiger partial charge in [0, 0.05) is 24.6 Å². The number of ether oxygens (including phenoxy) is 4. The number of methoxy groups -OCH3 is 2. The van der Waals surface area contributed by atoms with E-state index in [0.29, 0.717) is 0 Å². The van der Waals surface area contributed by atoms with E-state index in [2.05, 4.69) is 10.1 Å². The molecule has 1 fully saturated rings. The van der Waals surface area contributed by atoms with E-state index in [4.69, 9.17) is 18.6 Å². The van der Waals surface area contributed by atoms with Crippen LogP contribution in [0.5, 0.6) is 17.2 Å². The number of nitrogens with zero attached hydrogens (tertiary/aromatic N) is 2. The van der Waals surface area contributed by atoms with Gasteiger partial charge in [-0.05, 0) is 42.5 Å². The van der Waals surface area contributed by atoms with Gasteiger partial charge in [0.1, 0.15) is 17.2 Å². The minimum absolute atomic E-state index is 0.0131. The van der Waals surface area contributed by atoms with Gasteiger partial charge in [-0.2, -0.15) is 0 Å². The minimum Gasteiger partial charge on any atom is -0.493 e. The van der Waals surface area contributed by atoms with Crippen molar-refractivity contribution in [3.05, 3.63) is 87.0 Å². The highest BCUT2D eigenvalue weighted by Crippen LogP contribution is 2.31. The summed E-state index contributed by atoms with van der Waals surface area (Å²) in [7, 11) is 2.47. The zero-order valence-corrected chi connectivity index (χ0v) is 22.2. The number of nitrogens with one attached hydrogen (secondary N) is 1. The lowest BCUT2D eigenvalue weighted by molar-refractivity contribution is -0.384. The number of nitro groups is 1. The molecule has 15 nitrogen and oxygen atoms in total. The van der Waals surface area contributed by atoms with Crippen LogP contribution in [-0.4, -0.2) is 53.9 Å². The quantitative estimate of drug-likeness (QED) is 0.0973. The minimum atomic E-state index is -0.904. The summed E-state index contributed by atoms with van der Waals surface area (Å²) in [5.74, 6) is -3.12. The average Bonchev–Trinajstić information content (AvgIpc) is 3.53. The number of hydrogen-bond acceptors (Lipinski definition) is 12. The molecule has 0 atom stereocenters. The Hall–Kier alpha value is -5.99. The van der Waals surface area contributed by atoms with E-state index in [-0.39, 0.29) is 57.8 Å². The molecule has 0 aliphatic carbocycles. The number of carbonyl (C=O) groups excluding carboxylic acids is 5. The molecule has 42 heavy (non-hydrogen) atoms. The first kappa shape index (κ1) is 29.0. The van der Waals surface area contributed by atoms with Crippen LogP contribution in [0.3, 0.4) is 0 Å². The number of furan rings is 1. The van der Waals surface area contributed by atoms with Crippen molar-refractivity contribution in [1.29, 1.82) is 0 Å². The van der Waals surface area contributed by atoms with E-state index in [1.54, 1.807) is 0 Å². The van der Waals surface area contributed by atoms with Crippen molar-refractivity contribution in [2.45, 2.75) is 13.5 Å². The Morgan fingerprint density at radius 3 is 2.38 bits per heavy atom. The molecule has 2 aromatic carbocycles. The molecule has 0 saturated carbocycles. The van der Waals surface area contributed by atoms with E-state index < -0.39 is 34.8 Å². The maximum Gasteiger partial charge on any atom is 0.373 e. The Bertz CT molecular complexity index is 1660. The van der Waals surface area contributed by atoms with E-state index in [1.807, 2.05) is 0 Å². The lowest BCUT2D eigenvalue weighted by Crippen LogP contribution is -2.30. The molecule has 216 valence electrons. The van der Waals surface area contributed by atoms with Crippen LogP contribution in [0, 0.1) is 10.1 Å². The zero-order valence-electron chi connectivity index (χ0n) is 22.2. The molecule has 3 amide bonds. The first-order chi connectivity index (χ1) is 20.0. The number of urea groups is 1. The Labute approximate surface area is 236 Å². The third-order valence-corrected chi connectivity index (χ3v) is 5.68. The summed E-state index contributed by atoms with van der Waals surface area (Å²) in [5.41, 5.74) is -0.739. The van der Waals surface area contributed by atoms with Crippen LogP contribution in [-0.2, 0) is 20.9 Å². The third-order valence-electron chi connectivity index (χ3n) is 5.68. The third kappa shape index (κ3) is 6.25. The van der Waals surface area contributed by atoms with E-state index in [0.717, 1.165) is 36.3 Å². The second-order valence-electron chi connectivity index (χ2n) is 8.47. The van der Waals surface area contributed by atoms with Crippen molar-refractivity contribution in [2.24, 2.45) is 0 Å². The number of rotatable bonds is 9. The number of nitro benzene ring substituents is 1. The molecular weight excluding hydrogens is 558 g/mol. The van der Waals surface area contributed by atoms with Crippen molar-refractivity contribution < 1.29 is 52.3 Å². The van der Waals surface area contributed by atoms with Crippen LogP contribution >= 0.6 is 0 Å². The maximum atomic E-state index is 13.0. The van der Waals surface area contributed by atoms with Crippen LogP contribution in [0.25, 0.3) is 6.08 Å². The van der Waals surface area contributed by atoms with Gasteiger partial charge in [0.25, 0.3) is 11.6 Å². The van der Waals surface area contributed by atoms with E-state index >= 15 is 0 Å². The summed E-state index contributed by atoms with van der Waals surface area (Å²) in [6.07, 6.45) is 1.11. The van der Waals surface area contributed by atoms with Crippen molar-refractivity contribution in [3.63, 3.8) is 0 Å². The summed E-state index contributed by atoms with van der Waals surface area (Å²) >= 11 is 0. The average molecular weight is 579 g/mol. The highest BCUT2D eigenvalue weighted by molar-refractivity contribution is 6.14. The molecule has 15 heteroatoms. The number of non-ortho nitro benzene ring substituents is 1. The van der Waals surface area contributed by atoms with Gasteiger partial charge in [0.05, 0.1) is 31.3 Å². The van der Waals surface area contributed by atoms with Crippen LogP contribution in [0.1, 0.15) is 39.2 Å². The standard InChI is InChI=1S/C27H21N3O12/c1-14(31)40-21-7-4-15(12-23(21)38-2)25(33)42-20-8-5-17(30(36)37)10-16(20)11-19-24(32)29(27(35)28-19)13-18-6-9-22(41-18)26(34)39-3/h4-12H,13H2,1-3H3,(H,28,35)/b19-11-. The monoisotopic (exact) mass is 579 g/mol. The lowest BCUT2D eigenvalue weighted by Gasteiger charge is -2.11. The van der Waals surface area contributed by atoms with Gasteiger partial charge >= 0.3 is 23.9 Å². The maximum absolute atomic E-state index is 13.0. The molecule has 1 N–H and O–H groups in total. The summed E-state index contributed by atoms with van der Waals surface area (Å²) in [6, 6.07) is 9.08. The fraction of sp³-hybridized carbons (Fsp3) is 0.148. The van der Waals surface area contributed by atoms with Gasteiger partial charge in [-0.25, -0.2) is 14.4 Å². The summed E-state index contributed by atoms with van der Waals surface area (Å²) in [4.78, 5) is 72.9. The lowest BCUT2D eigenvalue weighted by atomic mass is 10.1. The number of hydrogen-bond donors (Lipinski definition) is 1. The van der Waals surface area contributed by atoms with Gasteiger partial charge < -0.3 is 28.7 Å². The van der Waals surface area contributed by atoms with Crippen LogP contribution in [0.2, 0.25) is 0 Å². The molecule has 1 aliphatic rings. The second-order valence-corrected chi connectivity index (χ2v) is 8.47. The first-order valence-electron chi connectivity index (χ1n) is 11.9.